The van der Waals surface area contributed by atoms with Crippen molar-refractivity contribution in [1.29, 1.82) is 0 Å². The van der Waals surface area contributed by atoms with Gasteiger partial charge in [0.05, 0.1) is 6.33 Å². The van der Waals surface area contributed by atoms with Crippen LogP contribution in [0, 0.1) is 4.77 Å². The quantitative estimate of drug-likeness (QED) is 0.714. The normalized spacial score (nSPS) is 10.8. The van der Waals surface area contributed by atoms with Gasteiger partial charge in [-0.05, 0) is 12.2 Å². The molecule has 0 saturated heterocycles. The zero-order valence-corrected chi connectivity index (χ0v) is 9.09. The molecule has 0 spiro atoms. The topological polar surface area (TPSA) is 47.7 Å². The van der Waals surface area contributed by atoms with Gasteiger partial charge in [-0.25, -0.2) is 9.97 Å². The van der Waals surface area contributed by atoms with Gasteiger partial charge in [-0.2, -0.15) is 0 Å². The second kappa shape index (κ2) is 3.06. The minimum atomic E-state index is 0.528. The number of rotatable bonds is 1. The van der Waals surface area contributed by atoms with Crippen molar-refractivity contribution in [2.24, 2.45) is 14.1 Å². The number of imidazole rings is 1. The first-order valence-electron chi connectivity index (χ1n) is 4.21. The van der Waals surface area contributed by atoms with E-state index in [1.807, 2.05) is 25.7 Å². The number of hydrogen-bond donors (Lipinski definition) is 1. The third-order valence-electron chi connectivity index (χ3n) is 2.19. The van der Waals surface area contributed by atoms with Gasteiger partial charge in [0, 0.05) is 21.1 Å². The Balaban J connectivity index is 3.00. The summed E-state index contributed by atoms with van der Waals surface area (Å²) < 4.78 is 4.24. The van der Waals surface area contributed by atoms with Crippen molar-refractivity contribution in [2.45, 2.75) is 0 Å². The summed E-state index contributed by atoms with van der Waals surface area (Å²) in [5, 5.41) is 3.01. The van der Waals surface area contributed by atoms with Gasteiger partial charge in [0.15, 0.2) is 11.5 Å². The zero-order chi connectivity index (χ0) is 10.3. The Morgan fingerprint density at radius 1 is 1.43 bits per heavy atom. The van der Waals surface area contributed by atoms with Crippen LogP contribution in [0.2, 0.25) is 0 Å². The van der Waals surface area contributed by atoms with Crippen LogP contribution in [0.1, 0.15) is 0 Å². The summed E-state index contributed by atoms with van der Waals surface area (Å²) in [6.45, 7) is 0. The standard InChI is InChI=1S/C8H11N5S/c1-9-6-5-7(10-4-12(5)2)13(3)8(14)11-6/h4H,1-3H3,(H,9,11,14). The lowest BCUT2D eigenvalue weighted by molar-refractivity contribution is 0.875. The molecule has 1 N–H and O–H groups in total. The number of nitrogens with one attached hydrogen (secondary N) is 1. The highest BCUT2D eigenvalue weighted by Crippen LogP contribution is 2.18. The van der Waals surface area contributed by atoms with Gasteiger partial charge in [-0.1, -0.05) is 0 Å². The molecule has 0 amide bonds. The summed E-state index contributed by atoms with van der Waals surface area (Å²) in [5.74, 6) is 0.767. The monoisotopic (exact) mass is 209 g/mol. The fourth-order valence-corrected chi connectivity index (χ4v) is 1.60. The van der Waals surface area contributed by atoms with E-state index in [0.29, 0.717) is 4.77 Å². The Hall–Kier alpha value is -1.43. The van der Waals surface area contributed by atoms with E-state index in [0.717, 1.165) is 17.0 Å². The molecule has 0 aromatic carbocycles. The molecule has 0 bridgehead atoms. The van der Waals surface area contributed by atoms with Gasteiger partial charge in [-0.15, -0.1) is 0 Å². The van der Waals surface area contributed by atoms with E-state index in [1.165, 1.54) is 0 Å². The Bertz CT molecular complexity index is 538. The highest BCUT2D eigenvalue weighted by atomic mass is 32.1. The molecule has 2 aromatic rings. The number of anilines is 1. The lowest BCUT2D eigenvalue weighted by atomic mass is 10.5. The molecule has 6 heteroatoms. The molecule has 5 nitrogen and oxygen atoms in total. The van der Waals surface area contributed by atoms with Crippen LogP contribution < -0.4 is 5.32 Å². The molecule has 0 radical (unpaired) electrons. The predicted octanol–water partition coefficient (Wildman–Crippen LogP) is 1.08. The van der Waals surface area contributed by atoms with Crippen molar-refractivity contribution in [2.75, 3.05) is 12.4 Å². The largest absolute Gasteiger partial charge is 0.371 e. The average Bonchev–Trinajstić information content (AvgIpc) is 2.55. The zero-order valence-electron chi connectivity index (χ0n) is 8.27. The van der Waals surface area contributed by atoms with Crippen LogP contribution in [0.15, 0.2) is 6.33 Å². The van der Waals surface area contributed by atoms with Gasteiger partial charge in [0.1, 0.15) is 5.52 Å². The molecule has 0 aliphatic carbocycles. The van der Waals surface area contributed by atoms with Gasteiger partial charge in [0.2, 0.25) is 4.77 Å². The summed E-state index contributed by atoms with van der Waals surface area (Å²) >= 11 is 5.11. The molecular weight excluding hydrogens is 198 g/mol. The van der Waals surface area contributed by atoms with Gasteiger partial charge in [-0.3, -0.25) is 0 Å². The summed E-state index contributed by atoms with van der Waals surface area (Å²) in [7, 11) is 5.62. The van der Waals surface area contributed by atoms with Crippen molar-refractivity contribution < 1.29 is 0 Å². The van der Waals surface area contributed by atoms with E-state index in [-0.39, 0.29) is 0 Å². The predicted molar refractivity (Wildman–Crippen MR) is 57.9 cm³/mol. The molecule has 2 rings (SSSR count). The SMILES string of the molecule is CNc1nc(=S)n(C)c2ncn(C)c12. The first-order valence-corrected chi connectivity index (χ1v) is 4.61. The van der Waals surface area contributed by atoms with E-state index >= 15 is 0 Å². The molecule has 74 valence electrons. The lowest BCUT2D eigenvalue weighted by Gasteiger charge is -2.06. The minimum Gasteiger partial charge on any atom is -0.371 e. The maximum atomic E-state index is 5.11. The van der Waals surface area contributed by atoms with Crippen LogP contribution in [0.4, 0.5) is 5.82 Å². The number of nitrogens with zero attached hydrogens (tertiary/aromatic N) is 4. The Morgan fingerprint density at radius 2 is 2.14 bits per heavy atom. The van der Waals surface area contributed by atoms with Crippen LogP contribution >= 0.6 is 12.2 Å². The van der Waals surface area contributed by atoms with E-state index in [9.17, 15) is 0 Å². The maximum absolute atomic E-state index is 5.11. The molecule has 0 unspecified atom stereocenters. The van der Waals surface area contributed by atoms with Crippen molar-refractivity contribution in [3.63, 3.8) is 0 Å². The number of aryl methyl sites for hydroxylation is 2. The molecule has 0 fully saturated rings. The molecular formula is C8H11N5S. The highest BCUT2D eigenvalue weighted by Gasteiger charge is 2.09. The fraction of sp³-hybridized carbons (Fsp3) is 0.375. The van der Waals surface area contributed by atoms with E-state index in [1.54, 1.807) is 10.9 Å². The first-order chi connectivity index (χ1) is 6.65. The minimum absolute atomic E-state index is 0.528. The number of aromatic nitrogens is 4. The van der Waals surface area contributed by atoms with Crippen LogP contribution in [0.5, 0.6) is 0 Å². The molecule has 2 heterocycles. The number of hydrogen-bond acceptors (Lipinski definition) is 4. The molecule has 0 aliphatic rings. The average molecular weight is 209 g/mol. The Kier molecular flexibility index (Phi) is 1.99. The van der Waals surface area contributed by atoms with Crippen LogP contribution in [0.3, 0.4) is 0 Å². The summed E-state index contributed by atoms with van der Waals surface area (Å²) in [5.41, 5.74) is 1.81. The second-order valence-electron chi connectivity index (χ2n) is 3.08. The third kappa shape index (κ3) is 1.11. The fourth-order valence-electron chi connectivity index (χ4n) is 1.42. The van der Waals surface area contributed by atoms with Crippen molar-refractivity contribution in [3.8, 4) is 0 Å². The lowest BCUT2D eigenvalue weighted by Crippen LogP contribution is -2.04. The summed E-state index contributed by atoms with van der Waals surface area (Å²) in [4.78, 5) is 8.52. The number of fused-ring (bicyclic) bond motifs is 1. The van der Waals surface area contributed by atoms with E-state index in [4.69, 9.17) is 12.2 Å². The molecule has 14 heavy (non-hydrogen) atoms. The molecule has 2 aromatic heterocycles. The van der Waals surface area contributed by atoms with Crippen LogP contribution in [-0.4, -0.2) is 26.1 Å². The molecule has 0 saturated carbocycles. The van der Waals surface area contributed by atoms with E-state index in [2.05, 4.69) is 15.3 Å². The van der Waals surface area contributed by atoms with Gasteiger partial charge in [0.25, 0.3) is 0 Å². The molecule has 0 atom stereocenters. The first kappa shape index (κ1) is 9.14. The summed E-state index contributed by atoms with van der Waals surface area (Å²) in [6.07, 6.45) is 1.75. The third-order valence-corrected chi connectivity index (χ3v) is 2.56. The van der Waals surface area contributed by atoms with Gasteiger partial charge < -0.3 is 14.5 Å². The maximum Gasteiger partial charge on any atom is 0.202 e. The highest BCUT2D eigenvalue weighted by molar-refractivity contribution is 7.71. The Labute approximate surface area is 86.4 Å². The molecule has 0 aliphatic heterocycles. The van der Waals surface area contributed by atoms with Crippen molar-refractivity contribution in [3.05, 3.63) is 11.1 Å². The van der Waals surface area contributed by atoms with Crippen molar-refractivity contribution in [1.82, 2.24) is 19.1 Å². The van der Waals surface area contributed by atoms with E-state index < -0.39 is 0 Å². The second-order valence-corrected chi connectivity index (χ2v) is 3.44. The van der Waals surface area contributed by atoms with Gasteiger partial charge >= 0.3 is 0 Å². The summed E-state index contributed by atoms with van der Waals surface area (Å²) in [6, 6.07) is 0. The Morgan fingerprint density at radius 3 is 2.79 bits per heavy atom. The van der Waals surface area contributed by atoms with Crippen molar-refractivity contribution >= 4 is 29.2 Å². The smallest absolute Gasteiger partial charge is 0.202 e. The van der Waals surface area contributed by atoms with Crippen LogP contribution in [-0.2, 0) is 14.1 Å². The van der Waals surface area contributed by atoms with Crippen LogP contribution in [0.25, 0.3) is 11.2 Å².